The quantitative estimate of drug-likeness (QED) is 0.447. The Kier molecular flexibility index (Phi) is 8.66. The fourth-order valence-corrected chi connectivity index (χ4v) is 3.81. The summed E-state index contributed by atoms with van der Waals surface area (Å²) in [6.07, 6.45) is 5.58. The minimum absolute atomic E-state index is 0.0688. The zero-order valence-corrected chi connectivity index (χ0v) is 17.8. The van der Waals surface area contributed by atoms with Crippen LogP contribution in [0.5, 0.6) is 0 Å². The molecule has 0 aromatic heterocycles. The van der Waals surface area contributed by atoms with Gasteiger partial charge < -0.3 is 5.32 Å². The van der Waals surface area contributed by atoms with E-state index in [2.05, 4.69) is 34.8 Å². The molecule has 136 valence electrons. The van der Waals surface area contributed by atoms with Gasteiger partial charge in [-0.25, -0.2) is 12.7 Å². The Balaban J connectivity index is 2.84. The van der Waals surface area contributed by atoms with Crippen LogP contribution in [0.2, 0.25) is 0 Å². The molecule has 1 N–H and O–H groups in total. The lowest BCUT2D eigenvalue weighted by atomic mass is 10.1. The number of nitrogens with one attached hydrogen (secondary N) is 1. The topological polar surface area (TPSA) is 66.5 Å². The molecule has 0 fully saturated rings. The molecule has 0 aliphatic carbocycles. The lowest BCUT2D eigenvalue weighted by molar-refractivity contribution is 0.0936. The van der Waals surface area contributed by atoms with Gasteiger partial charge in [0.15, 0.2) is 0 Å². The van der Waals surface area contributed by atoms with Crippen molar-refractivity contribution in [3.05, 3.63) is 27.3 Å². The third-order valence-electron chi connectivity index (χ3n) is 3.83. The Morgan fingerprint density at radius 1 is 1.25 bits per heavy atom. The summed E-state index contributed by atoms with van der Waals surface area (Å²) in [6, 6.07) is 4.72. The van der Waals surface area contributed by atoms with Crippen LogP contribution in [0.25, 0.3) is 0 Å². The highest BCUT2D eigenvalue weighted by atomic mass is 127. The number of carbonyl (C=O) groups excluding carboxylic acids is 1. The predicted octanol–water partition coefficient (Wildman–Crippen LogP) is 3.63. The van der Waals surface area contributed by atoms with Crippen LogP contribution in [0, 0.1) is 3.57 Å². The van der Waals surface area contributed by atoms with Gasteiger partial charge in [-0.2, -0.15) is 0 Å². The van der Waals surface area contributed by atoms with Gasteiger partial charge in [0.25, 0.3) is 5.91 Å². The number of hydrogen-bond donors (Lipinski definition) is 1. The molecule has 0 spiro atoms. The first-order chi connectivity index (χ1) is 11.2. The Morgan fingerprint density at radius 3 is 2.50 bits per heavy atom. The third-order valence-corrected chi connectivity index (χ3v) is 6.58. The Labute approximate surface area is 159 Å². The van der Waals surface area contributed by atoms with Crippen molar-refractivity contribution in [1.82, 2.24) is 9.62 Å². The average molecular weight is 466 g/mol. The van der Waals surface area contributed by atoms with Crippen molar-refractivity contribution < 1.29 is 13.2 Å². The zero-order valence-electron chi connectivity index (χ0n) is 14.8. The highest BCUT2D eigenvalue weighted by Gasteiger charge is 2.21. The monoisotopic (exact) mass is 466 g/mol. The number of carbonyl (C=O) groups is 1. The average Bonchev–Trinajstić information content (AvgIpc) is 2.51. The summed E-state index contributed by atoms with van der Waals surface area (Å²) in [7, 11) is -0.593. The van der Waals surface area contributed by atoms with Crippen LogP contribution in [0.3, 0.4) is 0 Å². The standard InChI is InChI=1S/C17H27IN2O3S/c1-5-6-7-8-9-13(2)19-17(21)15-12-14(10-11-16(15)18)24(22,23)20(3)4/h10-13H,5-9H2,1-4H3,(H,19,21). The molecule has 7 heteroatoms. The summed E-state index contributed by atoms with van der Waals surface area (Å²) in [5.41, 5.74) is 0.402. The van der Waals surface area contributed by atoms with Crippen molar-refractivity contribution >= 4 is 38.5 Å². The summed E-state index contributed by atoms with van der Waals surface area (Å²) in [5.74, 6) is -0.224. The first kappa shape index (κ1) is 21.4. The summed E-state index contributed by atoms with van der Waals surface area (Å²) >= 11 is 2.05. The molecular weight excluding hydrogens is 439 g/mol. The van der Waals surface area contributed by atoms with E-state index >= 15 is 0 Å². The fourth-order valence-electron chi connectivity index (χ4n) is 2.30. The van der Waals surface area contributed by atoms with Crippen molar-refractivity contribution in [3.63, 3.8) is 0 Å². The van der Waals surface area contributed by atoms with Crippen LogP contribution < -0.4 is 5.32 Å². The van der Waals surface area contributed by atoms with Crippen LogP contribution in [-0.2, 0) is 10.0 Å². The second kappa shape index (κ2) is 9.72. The maximum Gasteiger partial charge on any atom is 0.252 e. The van der Waals surface area contributed by atoms with E-state index in [0.29, 0.717) is 5.56 Å². The minimum Gasteiger partial charge on any atom is -0.350 e. The molecule has 24 heavy (non-hydrogen) atoms. The summed E-state index contributed by atoms with van der Waals surface area (Å²) < 4.78 is 26.4. The number of halogens is 1. The molecule has 5 nitrogen and oxygen atoms in total. The van der Waals surface area contributed by atoms with E-state index in [0.717, 1.165) is 20.7 Å². The smallest absolute Gasteiger partial charge is 0.252 e. The number of amides is 1. The van der Waals surface area contributed by atoms with Crippen molar-refractivity contribution in [3.8, 4) is 0 Å². The van der Waals surface area contributed by atoms with Gasteiger partial charge in [-0.05, 0) is 54.1 Å². The van der Waals surface area contributed by atoms with Gasteiger partial charge in [0.1, 0.15) is 0 Å². The molecule has 1 amide bonds. The van der Waals surface area contributed by atoms with E-state index in [-0.39, 0.29) is 16.8 Å². The molecule has 0 aliphatic heterocycles. The van der Waals surface area contributed by atoms with E-state index in [1.807, 2.05) is 6.92 Å². The van der Waals surface area contributed by atoms with Gasteiger partial charge in [-0.1, -0.05) is 32.6 Å². The summed E-state index contributed by atoms with van der Waals surface area (Å²) in [4.78, 5) is 12.6. The molecule has 0 aliphatic rings. The van der Waals surface area contributed by atoms with Gasteiger partial charge in [0.2, 0.25) is 10.0 Å². The minimum atomic E-state index is -3.55. The highest BCUT2D eigenvalue weighted by molar-refractivity contribution is 14.1. The van der Waals surface area contributed by atoms with E-state index in [1.165, 1.54) is 45.5 Å². The van der Waals surface area contributed by atoms with Crippen LogP contribution in [0.4, 0.5) is 0 Å². The fraction of sp³-hybridized carbons (Fsp3) is 0.588. The largest absolute Gasteiger partial charge is 0.350 e. The van der Waals surface area contributed by atoms with E-state index < -0.39 is 10.0 Å². The molecule has 0 radical (unpaired) electrons. The number of benzene rings is 1. The Bertz CT molecular complexity index is 660. The molecule has 1 aromatic rings. The van der Waals surface area contributed by atoms with Crippen molar-refractivity contribution in [1.29, 1.82) is 0 Å². The molecule has 1 atom stereocenters. The zero-order chi connectivity index (χ0) is 18.3. The highest BCUT2D eigenvalue weighted by Crippen LogP contribution is 2.20. The summed E-state index contributed by atoms with van der Waals surface area (Å²) in [5, 5.41) is 2.97. The van der Waals surface area contributed by atoms with Gasteiger partial charge in [0, 0.05) is 23.7 Å². The molecule has 0 heterocycles. The maximum atomic E-state index is 12.5. The molecule has 1 rings (SSSR count). The van der Waals surface area contributed by atoms with E-state index in [4.69, 9.17) is 0 Å². The number of nitrogens with zero attached hydrogens (tertiary/aromatic N) is 1. The lowest BCUT2D eigenvalue weighted by Gasteiger charge is -2.16. The number of sulfonamides is 1. The molecule has 1 aromatic carbocycles. The van der Waals surface area contributed by atoms with Crippen LogP contribution in [0.15, 0.2) is 23.1 Å². The first-order valence-corrected chi connectivity index (χ1v) is 10.7. The van der Waals surface area contributed by atoms with Gasteiger partial charge in [-0.15, -0.1) is 0 Å². The number of hydrogen-bond acceptors (Lipinski definition) is 3. The van der Waals surface area contributed by atoms with Gasteiger partial charge in [0.05, 0.1) is 10.5 Å². The van der Waals surface area contributed by atoms with Crippen molar-refractivity contribution in [2.45, 2.75) is 56.9 Å². The molecule has 1 unspecified atom stereocenters. The normalized spacial score (nSPS) is 13.1. The Morgan fingerprint density at radius 2 is 1.92 bits per heavy atom. The maximum absolute atomic E-state index is 12.5. The second-order valence-electron chi connectivity index (χ2n) is 6.15. The number of rotatable bonds is 9. The van der Waals surface area contributed by atoms with Crippen LogP contribution >= 0.6 is 22.6 Å². The lowest BCUT2D eigenvalue weighted by Crippen LogP contribution is -2.33. The van der Waals surface area contributed by atoms with Crippen LogP contribution in [0.1, 0.15) is 56.3 Å². The van der Waals surface area contributed by atoms with Crippen LogP contribution in [-0.4, -0.2) is 38.8 Å². The predicted molar refractivity (Wildman–Crippen MR) is 106 cm³/mol. The molecule has 0 saturated carbocycles. The Hall–Kier alpha value is -0.670. The molecule has 0 bridgehead atoms. The SMILES string of the molecule is CCCCCCC(C)NC(=O)c1cc(S(=O)(=O)N(C)C)ccc1I. The van der Waals surface area contributed by atoms with E-state index in [1.54, 1.807) is 6.07 Å². The first-order valence-electron chi connectivity index (χ1n) is 8.23. The van der Waals surface area contributed by atoms with E-state index in [9.17, 15) is 13.2 Å². The van der Waals surface area contributed by atoms with Crippen molar-refractivity contribution in [2.75, 3.05) is 14.1 Å². The third kappa shape index (κ3) is 6.00. The molecule has 0 saturated heterocycles. The summed E-state index contributed by atoms with van der Waals surface area (Å²) in [6.45, 7) is 4.15. The van der Waals surface area contributed by atoms with Gasteiger partial charge >= 0.3 is 0 Å². The van der Waals surface area contributed by atoms with Crippen molar-refractivity contribution in [2.24, 2.45) is 0 Å². The number of unbranched alkanes of at least 4 members (excludes halogenated alkanes) is 3. The van der Waals surface area contributed by atoms with Gasteiger partial charge in [-0.3, -0.25) is 4.79 Å². The second-order valence-corrected chi connectivity index (χ2v) is 9.47. The molecular formula is C17H27IN2O3S.